The molecule has 3 nitrogen and oxygen atoms in total. The first-order chi connectivity index (χ1) is 8.26. The summed E-state index contributed by atoms with van der Waals surface area (Å²) in [5.74, 6) is 0.597. The van der Waals surface area contributed by atoms with Crippen LogP contribution in [-0.4, -0.2) is 4.98 Å². The fraction of sp³-hybridized carbons (Fsp3) is 0.500. The van der Waals surface area contributed by atoms with Crippen molar-refractivity contribution >= 4 is 0 Å². The zero-order valence-electron chi connectivity index (χ0n) is 10.3. The van der Waals surface area contributed by atoms with E-state index < -0.39 is 0 Å². The van der Waals surface area contributed by atoms with Crippen molar-refractivity contribution in [2.45, 2.75) is 39.0 Å². The maximum Gasteiger partial charge on any atom is 0.140 e. The maximum atomic E-state index is 8.92. The fourth-order valence-electron chi connectivity index (χ4n) is 2.19. The van der Waals surface area contributed by atoms with Crippen LogP contribution in [0.25, 0.3) is 0 Å². The van der Waals surface area contributed by atoms with Crippen LogP contribution in [0.3, 0.4) is 0 Å². The van der Waals surface area contributed by atoms with Crippen LogP contribution in [0, 0.1) is 28.6 Å². The molecule has 0 aliphatic rings. The van der Waals surface area contributed by atoms with Crippen molar-refractivity contribution in [1.82, 2.24) is 4.98 Å². The van der Waals surface area contributed by atoms with Crippen molar-refractivity contribution in [2.75, 3.05) is 0 Å². The predicted octanol–water partition coefficient (Wildman–Crippen LogP) is 3.39. The Morgan fingerprint density at radius 1 is 1.24 bits per heavy atom. The Bertz CT molecular complexity index is 436. The number of aromatic nitrogens is 1. The second-order valence-corrected chi connectivity index (χ2v) is 4.10. The third-order valence-corrected chi connectivity index (χ3v) is 3.19. The molecule has 1 rings (SSSR count). The van der Waals surface area contributed by atoms with E-state index in [1.165, 1.54) is 0 Å². The number of nitriles is 2. The zero-order valence-corrected chi connectivity index (χ0v) is 10.3. The number of hydrogen-bond donors (Lipinski definition) is 0. The van der Waals surface area contributed by atoms with E-state index >= 15 is 0 Å². The molecule has 88 valence electrons. The van der Waals surface area contributed by atoms with Crippen molar-refractivity contribution in [1.29, 1.82) is 10.5 Å². The van der Waals surface area contributed by atoms with Crippen LogP contribution >= 0.6 is 0 Å². The zero-order chi connectivity index (χ0) is 12.7. The van der Waals surface area contributed by atoms with Crippen molar-refractivity contribution in [2.24, 2.45) is 5.92 Å². The van der Waals surface area contributed by atoms with Gasteiger partial charge in [0.2, 0.25) is 0 Å². The average molecular weight is 227 g/mol. The summed E-state index contributed by atoms with van der Waals surface area (Å²) in [6, 6.07) is 9.73. The van der Waals surface area contributed by atoms with Gasteiger partial charge in [0.15, 0.2) is 0 Å². The first-order valence-corrected chi connectivity index (χ1v) is 6.00. The summed E-state index contributed by atoms with van der Waals surface area (Å²) in [7, 11) is 0. The van der Waals surface area contributed by atoms with Gasteiger partial charge in [-0.05, 0) is 18.1 Å². The summed E-state index contributed by atoms with van der Waals surface area (Å²) < 4.78 is 0. The van der Waals surface area contributed by atoms with Gasteiger partial charge in [0, 0.05) is 18.0 Å². The van der Waals surface area contributed by atoms with Gasteiger partial charge in [-0.25, -0.2) is 4.98 Å². The van der Waals surface area contributed by atoms with Crippen LogP contribution in [0.1, 0.15) is 50.4 Å². The number of pyridine rings is 1. The molecule has 0 fully saturated rings. The summed E-state index contributed by atoms with van der Waals surface area (Å²) >= 11 is 0. The lowest BCUT2D eigenvalue weighted by molar-refractivity contribution is 0.394. The molecule has 1 atom stereocenters. The van der Waals surface area contributed by atoms with Crippen molar-refractivity contribution in [3.05, 3.63) is 29.6 Å². The summed E-state index contributed by atoms with van der Waals surface area (Å²) in [5, 5.41) is 17.8. The van der Waals surface area contributed by atoms with Gasteiger partial charge in [0.05, 0.1) is 6.07 Å². The van der Waals surface area contributed by atoms with Gasteiger partial charge in [-0.15, -0.1) is 0 Å². The molecule has 0 saturated heterocycles. The minimum absolute atomic E-state index is 0.142. The molecule has 0 radical (unpaired) electrons. The predicted molar refractivity (Wildman–Crippen MR) is 66.0 cm³/mol. The largest absolute Gasteiger partial charge is 0.242 e. The molecule has 17 heavy (non-hydrogen) atoms. The third kappa shape index (κ3) is 3.29. The van der Waals surface area contributed by atoms with Crippen LogP contribution < -0.4 is 0 Å². The van der Waals surface area contributed by atoms with Crippen LogP contribution in [0.15, 0.2) is 18.2 Å². The van der Waals surface area contributed by atoms with Crippen LogP contribution in [0.2, 0.25) is 0 Å². The monoisotopic (exact) mass is 227 g/mol. The molecule has 0 aliphatic heterocycles. The molecule has 1 unspecified atom stereocenters. The summed E-state index contributed by atoms with van der Waals surface area (Å²) in [6.45, 7) is 4.26. The Hall–Kier alpha value is -1.87. The van der Waals surface area contributed by atoms with Crippen molar-refractivity contribution in [3.63, 3.8) is 0 Å². The van der Waals surface area contributed by atoms with E-state index in [4.69, 9.17) is 10.5 Å². The van der Waals surface area contributed by atoms with E-state index in [-0.39, 0.29) is 5.92 Å². The molecular weight excluding hydrogens is 210 g/mol. The SMILES string of the molecule is CCC(CC)C(CC#N)c1cccc(C#N)n1. The van der Waals surface area contributed by atoms with E-state index in [0.717, 1.165) is 18.5 Å². The molecule has 0 bridgehead atoms. The van der Waals surface area contributed by atoms with Gasteiger partial charge in [-0.3, -0.25) is 0 Å². The summed E-state index contributed by atoms with van der Waals surface area (Å²) in [5.41, 5.74) is 1.30. The average Bonchev–Trinajstić information content (AvgIpc) is 2.39. The standard InChI is InChI=1S/C14H17N3/c1-3-11(4-2)13(8-9-15)14-7-5-6-12(10-16)17-14/h5-7,11,13H,3-4,8H2,1-2H3. The Labute approximate surface area is 103 Å². The van der Waals surface area contributed by atoms with E-state index in [2.05, 4.69) is 24.9 Å². The van der Waals surface area contributed by atoms with Gasteiger partial charge in [0.25, 0.3) is 0 Å². The van der Waals surface area contributed by atoms with Crippen molar-refractivity contribution < 1.29 is 0 Å². The van der Waals surface area contributed by atoms with Gasteiger partial charge >= 0.3 is 0 Å². The second kappa shape index (κ2) is 6.66. The fourth-order valence-corrected chi connectivity index (χ4v) is 2.19. The highest BCUT2D eigenvalue weighted by molar-refractivity contribution is 5.24. The Morgan fingerprint density at radius 3 is 2.47 bits per heavy atom. The number of hydrogen-bond acceptors (Lipinski definition) is 3. The number of rotatable bonds is 5. The lowest BCUT2D eigenvalue weighted by Gasteiger charge is -2.22. The van der Waals surface area contributed by atoms with E-state index in [1.807, 2.05) is 18.2 Å². The van der Waals surface area contributed by atoms with Crippen LogP contribution in [0.4, 0.5) is 0 Å². The normalized spacial score (nSPS) is 11.8. The van der Waals surface area contributed by atoms with E-state index in [9.17, 15) is 0 Å². The first kappa shape index (κ1) is 13.2. The Balaban J connectivity index is 3.05. The molecule has 1 heterocycles. The summed E-state index contributed by atoms with van der Waals surface area (Å²) in [4.78, 5) is 4.31. The maximum absolute atomic E-state index is 8.92. The first-order valence-electron chi connectivity index (χ1n) is 6.00. The van der Waals surface area contributed by atoms with E-state index in [0.29, 0.717) is 18.0 Å². The molecule has 0 N–H and O–H groups in total. The molecule has 0 saturated carbocycles. The van der Waals surface area contributed by atoms with Gasteiger partial charge in [-0.1, -0.05) is 32.8 Å². The lowest BCUT2D eigenvalue weighted by Crippen LogP contribution is -2.13. The van der Waals surface area contributed by atoms with Gasteiger partial charge < -0.3 is 0 Å². The topological polar surface area (TPSA) is 60.5 Å². The number of nitrogens with zero attached hydrogens (tertiary/aromatic N) is 3. The molecule has 0 amide bonds. The highest BCUT2D eigenvalue weighted by Crippen LogP contribution is 2.31. The molecule has 0 aliphatic carbocycles. The molecule has 1 aromatic rings. The quantitative estimate of drug-likeness (QED) is 0.774. The molecule has 0 spiro atoms. The molecular formula is C14H17N3. The third-order valence-electron chi connectivity index (χ3n) is 3.19. The second-order valence-electron chi connectivity index (χ2n) is 4.10. The van der Waals surface area contributed by atoms with Gasteiger partial charge in [0.1, 0.15) is 11.8 Å². The van der Waals surface area contributed by atoms with E-state index in [1.54, 1.807) is 6.07 Å². The molecule has 1 aromatic heterocycles. The minimum Gasteiger partial charge on any atom is -0.242 e. The van der Waals surface area contributed by atoms with Crippen molar-refractivity contribution in [3.8, 4) is 12.1 Å². The molecule has 3 heteroatoms. The highest BCUT2D eigenvalue weighted by atomic mass is 14.7. The van der Waals surface area contributed by atoms with Crippen LogP contribution in [-0.2, 0) is 0 Å². The highest BCUT2D eigenvalue weighted by Gasteiger charge is 2.21. The minimum atomic E-state index is 0.142. The van der Waals surface area contributed by atoms with Crippen LogP contribution in [0.5, 0.6) is 0 Å². The van der Waals surface area contributed by atoms with Gasteiger partial charge in [-0.2, -0.15) is 10.5 Å². The smallest absolute Gasteiger partial charge is 0.140 e. The lowest BCUT2D eigenvalue weighted by atomic mass is 9.83. The Kier molecular flexibility index (Phi) is 5.17. The Morgan fingerprint density at radius 2 is 1.94 bits per heavy atom. The molecule has 0 aromatic carbocycles. The summed E-state index contributed by atoms with van der Waals surface area (Å²) in [6.07, 6.45) is 2.52.